The zero-order valence-corrected chi connectivity index (χ0v) is 12.3. The molecule has 96 valence electrons. The molecule has 2 heterocycles. The standard InChI is InChI=1S/C13H9BrN2O2S/c1-18-10-3-2-7(4-8(10)14)11-5-9-12(19-11)13(17)16-6-15-9/h2-6H,1H3,(H,15,16,17). The van der Waals surface area contributed by atoms with Gasteiger partial charge in [0.2, 0.25) is 0 Å². The average Bonchev–Trinajstić information content (AvgIpc) is 2.84. The molecule has 1 aromatic carbocycles. The van der Waals surface area contributed by atoms with Gasteiger partial charge in [-0.05, 0) is 45.8 Å². The number of nitrogens with zero attached hydrogens (tertiary/aromatic N) is 1. The first-order chi connectivity index (χ1) is 9.19. The minimum atomic E-state index is -0.103. The van der Waals surface area contributed by atoms with Gasteiger partial charge in [-0.15, -0.1) is 11.3 Å². The van der Waals surface area contributed by atoms with Gasteiger partial charge in [0.1, 0.15) is 10.4 Å². The number of methoxy groups -OCH3 is 1. The summed E-state index contributed by atoms with van der Waals surface area (Å²) >= 11 is 4.89. The highest BCUT2D eigenvalue weighted by molar-refractivity contribution is 9.10. The van der Waals surface area contributed by atoms with Gasteiger partial charge in [-0.3, -0.25) is 4.79 Å². The number of rotatable bonds is 2. The number of hydrogen-bond donors (Lipinski definition) is 1. The molecule has 6 heteroatoms. The lowest BCUT2D eigenvalue weighted by Crippen LogP contribution is -2.02. The minimum absolute atomic E-state index is 0.103. The van der Waals surface area contributed by atoms with Crippen molar-refractivity contribution in [1.82, 2.24) is 9.97 Å². The molecule has 0 spiro atoms. The molecule has 2 aromatic heterocycles. The SMILES string of the molecule is COc1ccc(-c2cc3nc[nH]c(=O)c3s2)cc1Br. The summed E-state index contributed by atoms with van der Waals surface area (Å²) in [6, 6.07) is 7.74. The zero-order chi connectivity index (χ0) is 13.4. The first-order valence-electron chi connectivity index (χ1n) is 5.50. The fourth-order valence-electron chi connectivity index (χ4n) is 1.83. The van der Waals surface area contributed by atoms with Gasteiger partial charge in [-0.2, -0.15) is 0 Å². The fourth-order valence-corrected chi connectivity index (χ4v) is 3.37. The quantitative estimate of drug-likeness (QED) is 0.780. The van der Waals surface area contributed by atoms with Crippen LogP contribution >= 0.6 is 27.3 Å². The van der Waals surface area contributed by atoms with Crippen LogP contribution in [-0.2, 0) is 0 Å². The van der Waals surface area contributed by atoms with E-state index in [1.54, 1.807) is 7.11 Å². The second-order valence-electron chi connectivity index (χ2n) is 3.91. The van der Waals surface area contributed by atoms with E-state index in [2.05, 4.69) is 25.9 Å². The number of thiophene rings is 1. The van der Waals surface area contributed by atoms with E-state index in [-0.39, 0.29) is 5.56 Å². The second kappa shape index (κ2) is 4.79. The maximum absolute atomic E-state index is 11.7. The molecule has 0 saturated heterocycles. The fraction of sp³-hybridized carbons (Fsp3) is 0.0769. The Balaban J connectivity index is 2.16. The number of aromatic amines is 1. The predicted molar refractivity (Wildman–Crippen MR) is 79.9 cm³/mol. The maximum atomic E-state index is 11.7. The summed E-state index contributed by atoms with van der Waals surface area (Å²) in [7, 11) is 1.63. The Morgan fingerprint density at radius 3 is 2.89 bits per heavy atom. The van der Waals surface area contributed by atoms with Crippen LogP contribution in [0.3, 0.4) is 0 Å². The van der Waals surface area contributed by atoms with E-state index in [0.717, 1.165) is 26.2 Å². The normalized spacial score (nSPS) is 10.8. The van der Waals surface area contributed by atoms with Crippen molar-refractivity contribution in [2.75, 3.05) is 7.11 Å². The second-order valence-corrected chi connectivity index (χ2v) is 5.81. The van der Waals surface area contributed by atoms with Crippen molar-refractivity contribution in [1.29, 1.82) is 0 Å². The number of H-pyrrole nitrogens is 1. The van der Waals surface area contributed by atoms with E-state index in [9.17, 15) is 4.79 Å². The smallest absolute Gasteiger partial charge is 0.268 e. The summed E-state index contributed by atoms with van der Waals surface area (Å²) in [6.07, 6.45) is 1.42. The third-order valence-corrected chi connectivity index (χ3v) is 4.55. The molecule has 0 saturated carbocycles. The highest BCUT2D eigenvalue weighted by Crippen LogP contribution is 2.35. The Bertz CT molecular complexity index is 810. The summed E-state index contributed by atoms with van der Waals surface area (Å²) in [5, 5.41) is 0. The molecule has 1 N–H and O–H groups in total. The molecule has 19 heavy (non-hydrogen) atoms. The van der Waals surface area contributed by atoms with Gasteiger partial charge in [-0.25, -0.2) is 4.98 Å². The third-order valence-electron chi connectivity index (χ3n) is 2.75. The number of fused-ring (bicyclic) bond motifs is 1. The van der Waals surface area contributed by atoms with Crippen LogP contribution in [0.2, 0.25) is 0 Å². The molecule has 3 rings (SSSR count). The lowest BCUT2D eigenvalue weighted by molar-refractivity contribution is 0.412. The van der Waals surface area contributed by atoms with Crippen LogP contribution in [0.15, 0.2) is 39.9 Å². The Hall–Kier alpha value is -1.66. The summed E-state index contributed by atoms with van der Waals surface area (Å²) in [6.45, 7) is 0. The van der Waals surface area contributed by atoms with Crippen molar-refractivity contribution in [3.63, 3.8) is 0 Å². The minimum Gasteiger partial charge on any atom is -0.496 e. The number of halogens is 1. The van der Waals surface area contributed by atoms with Gasteiger partial charge < -0.3 is 9.72 Å². The number of benzene rings is 1. The van der Waals surface area contributed by atoms with Crippen molar-refractivity contribution >= 4 is 37.5 Å². The van der Waals surface area contributed by atoms with Crippen LogP contribution in [-0.4, -0.2) is 17.1 Å². The lowest BCUT2D eigenvalue weighted by atomic mass is 10.2. The molecule has 3 aromatic rings. The van der Waals surface area contributed by atoms with E-state index in [0.29, 0.717) is 4.70 Å². The molecule has 0 fully saturated rings. The van der Waals surface area contributed by atoms with Gasteiger partial charge in [0.25, 0.3) is 5.56 Å². The van der Waals surface area contributed by atoms with E-state index in [1.165, 1.54) is 17.7 Å². The Morgan fingerprint density at radius 2 is 2.21 bits per heavy atom. The largest absolute Gasteiger partial charge is 0.496 e. The van der Waals surface area contributed by atoms with E-state index in [4.69, 9.17) is 4.74 Å². The molecule has 4 nitrogen and oxygen atoms in total. The number of nitrogens with one attached hydrogen (secondary N) is 1. The molecule has 0 atom stereocenters. The van der Waals surface area contributed by atoms with Crippen molar-refractivity contribution in [3.8, 4) is 16.2 Å². The molecule has 0 radical (unpaired) electrons. The number of ether oxygens (including phenoxy) is 1. The summed E-state index contributed by atoms with van der Waals surface area (Å²) in [5.41, 5.74) is 1.64. The van der Waals surface area contributed by atoms with Crippen LogP contribution in [0.4, 0.5) is 0 Å². The zero-order valence-electron chi connectivity index (χ0n) is 9.94. The van der Waals surface area contributed by atoms with E-state index >= 15 is 0 Å². The van der Waals surface area contributed by atoms with Crippen LogP contribution in [0.1, 0.15) is 0 Å². The van der Waals surface area contributed by atoms with Gasteiger partial charge in [0.05, 0.1) is 23.4 Å². The van der Waals surface area contributed by atoms with Crippen molar-refractivity contribution in [3.05, 3.63) is 45.4 Å². The molecule has 0 aliphatic carbocycles. The van der Waals surface area contributed by atoms with Crippen molar-refractivity contribution in [2.24, 2.45) is 0 Å². The lowest BCUT2D eigenvalue weighted by Gasteiger charge is -2.04. The van der Waals surface area contributed by atoms with Crippen LogP contribution in [0.5, 0.6) is 5.75 Å². The van der Waals surface area contributed by atoms with Crippen LogP contribution < -0.4 is 10.3 Å². The molecule has 0 amide bonds. The maximum Gasteiger partial charge on any atom is 0.268 e. The van der Waals surface area contributed by atoms with E-state index in [1.807, 2.05) is 24.3 Å². The van der Waals surface area contributed by atoms with Gasteiger partial charge >= 0.3 is 0 Å². The molecular formula is C13H9BrN2O2S. The van der Waals surface area contributed by atoms with E-state index < -0.39 is 0 Å². The Morgan fingerprint density at radius 1 is 1.37 bits per heavy atom. The van der Waals surface area contributed by atoms with Crippen LogP contribution in [0.25, 0.3) is 20.7 Å². The summed E-state index contributed by atoms with van der Waals surface area (Å²) in [5.74, 6) is 0.779. The summed E-state index contributed by atoms with van der Waals surface area (Å²) in [4.78, 5) is 19.4. The van der Waals surface area contributed by atoms with Gasteiger partial charge in [0, 0.05) is 4.88 Å². The highest BCUT2D eigenvalue weighted by atomic mass is 79.9. The van der Waals surface area contributed by atoms with Gasteiger partial charge in [0.15, 0.2) is 0 Å². The first kappa shape index (κ1) is 12.4. The van der Waals surface area contributed by atoms with Crippen molar-refractivity contribution < 1.29 is 4.74 Å². The monoisotopic (exact) mass is 336 g/mol. The molecule has 0 bridgehead atoms. The predicted octanol–water partition coefficient (Wildman–Crippen LogP) is 3.42. The van der Waals surface area contributed by atoms with Crippen LogP contribution in [0, 0.1) is 0 Å². The number of hydrogen-bond acceptors (Lipinski definition) is 4. The molecule has 0 aliphatic heterocycles. The van der Waals surface area contributed by atoms with Gasteiger partial charge in [-0.1, -0.05) is 0 Å². The molecule has 0 unspecified atom stereocenters. The third kappa shape index (κ3) is 2.17. The molecule has 0 aliphatic rings. The molecular weight excluding hydrogens is 328 g/mol. The van der Waals surface area contributed by atoms with Crippen molar-refractivity contribution in [2.45, 2.75) is 0 Å². The number of aromatic nitrogens is 2. The topological polar surface area (TPSA) is 55.0 Å². The Labute approximate surface area is 121 Å². The average molecular weight is 337 g/mol. The highest BCUT2D eigenvalue weighted by Gasteiger charge is 2.09. The first-order valence-corrected chi connectivity index (χ1v) is 7.11. The Kier molecular flexibility index (Phi) is 3.12. The summed E-state index contributed by atoms with van der Waals surface area (Å²) < 4.78 is 6.73.